The van der Waals surface area contributed by atoms with Crippen LogP contribution < -0.4 is 0 Å². The number of hydrogen-bond acceptors (Lipinski definition) is 2. The van der Waals surface area contributed by atoms with Gasteiger partial charge in [-0.15, -0.1) is 0 Å². The van der Waals surface area contributed by atoms with Crippen LogP contribution in [0.4, 0.5) is 0 Å². The third-order valence-electron chi connectivity index (χ3n) is 3.96. The zero-order chi connectivity index (χ0) is 16.2. The number of rotatable bonds is 4. The van der Waals surface area contributed by atoms with Crippen LogP contribution in [0.1, 0.15) is 28.1 Å². The van der Waals surface area contributed by atoms with Gasteiger partial charge in [0, 0.05) is 24.5 Å². The van der Waals surface area contributed by atoms with Crippen LogP contribution in [-0.2, 0) is 6.54 Å². The van der Waals surface area contributed by atoms with Gasteiger partial charge in [0.15, 0.2) is 0 Å². The average Bonchev–Trinajstić information content (AvgIpc) is 3.03. The first-order chi connectivity index (χ1) is 11.2. The molecule has 0 saturated heterocycles. The summed E-state index contributed by atoms with van der Waals surface area (Å²) in [5, 5.41) is 9.20. The van der Waals surface area contributed by atoms with Crippen molar-refractivity contribution in [3.8, 4) is 6.07 Å². The molecule has 0 N–H and O–H groups in total. The zero-order valence-corrected chi connectivity index (χ0v) is 13.0. The third-order valence-corrected chi connectivity index (χ3v) is 3.96. The summed E-state index contributed by atoms with van der Waals surface area (Å²) in [4.78, 5) is 4.47. The first kappa shape index (κ1) is 14.8. The maximum absolute atomic E-state index is 9.20. The summed E-state index contributed by atoms with van der Waals surface area (Å²) in [6.45, 7) is 6.90. The normalized spacial score (nSPS) is 10.3. The summed E-state index contributed by atoms with van der Waals surface area (Å²) in [6.07, 6.45) is 3.74. The molecule has 1 heterocycles. The lowest BCUT2D eigenvalue weighted by Gasteiger charge is -2.13. The molecule has 0 fully saturated rings. The lowest BCUT2D eigenvalue weighted by atomic mass is 9.97. The van der Waals surface area contributed by atoms with Gasteiger partial charge >= 0.3 is 0 Å². The molecule has 0 unspecified atom stereocenters. The third kappa shape index (κ3) is 2.93. The second kappa shape index (κ2) is 6.33. The molecule has 2 aromatic carbocycles. The summed E-state index contributed by atoms with van der Waals surface area (Å²) in [7, 11) is 0. The Labute approximate surface area is 136 Å². The molecule has 3 nitrogen and oxygen atoms in total. The number of nitriles is 1. The van der Waals surface area contributed by atoms with Gasteiger partial charge < -0.3 is 4.57 Å². The van der Waals surface area contributed by atoms with Gasteiger partial charge in [0.25, 0.3) is 0 Å². The van der Waals surface area contributed by atoms with Gasteiger partial charge in [0.2, 0.25) is 0 Å². The van der Waals surface area contributed by atoms with Crippen LogP contribution >= 0.6 is 0 Å². The van der Waals surface area contributed by atoms with E-state index in [4.69, 9.17) is 0 Å². The Balaban J connectivity index is 1.96. The van der Waals surface area contributed by atoms with E-state index < -0.39 is 0 Å². The highest BCUT2D eigenvalue weighted by molar-refractivity contribution is 5.77. The van der Waals surface area contributed by atoms with Gasteiger partial charge in [-0.2, -0.15) is 5.26 Å². The first-order valence-corrected chi connectivity index (χ1v) is 7.45. The number of benzene rings is 2. The lowest BCUT2D eigenvalue weighted by molar-refractivity contribution is 0.783. The van der Waals surface area contributed by atoms with Crippen LogP contribution in [0.2, 0.25) is 0 Å². The Morgan fingerprint density at radius 1 is 1.17 bits per heavy atom. The van der Waals surface area contributed by atoms with E-state index in [1.165, 1.54) is 5.56 Å². The van der Waals surface area contributed by atoms with Crippen LogP contribution in [0.5, 0.6) is 0 Å². The molecule has 0 radical (unpaired) electrons. The minimum atomic E-state index is 0.671. The molecule has 0 bridgehead atoms. The van der Waals surface area contributed by atoms with Gasteiger partial charge in [-0.1, -0.05) is 49.0 Å². The topological polar surface area (TPSA) is 41.6 Å². The van der Waals surface area contributed by atoms with Gasteiger partial charge in [-0.05, 0) is 29.7 Å². The first-order valence-electron chi connectivity index (χ1n) is 7.45. The van der Waals surface area contributed by atoms with Crippen molar-refractivity contribution in [2.75, 3.05) is 0 Å². The van der Waals surface area contributed by atoms with Gasteiger partial charge in [0.05, 0.1) is 11.6 Å². The van der Waals surface area contributed by atoms with Crippen LogP contribution in [0, 0.1) is 18.3 Å². The molecule has 0 atom stereocenters. The van der Waals surface area contributed by atoms with E-state index in [9.17, 15) is 5.26 Å². The molecule has 112 valence electrons. The molecule has 0 saturated carbocycles. The predicted molar refractivity (Wildman–Crippen MR) is 91.8 cm³/mol. The Hall–Kier alpha value is -3.12. The Morgan fingerprint density at radius 2 is 1.96 bits per heavy atom. The maximum Gasteiger partial charge on any atom is 0.140 e. The molecule has 3 aromatic rings. The highest BCUT2D eigenvalue weighted by atomic mass is 15.1. The minimum absolute atomic E-state index is 0.671. The second-order valence-corrected chi connectivity index (χ2v) is 5.43. The van der Waals surface area contributed by atoms with E-state index in [1.54, 1.807) is 6.20 Å². The molecule has 1 aromatic heterocycles. The fourth-order valence-electron chi connectivity index (χ4n) is 2.69. The van der Waals surface area contributed by atoms with E-state index in [1.807, 2.05) is 49.5 Å². The minimum Gasteiger partial charge on any atom is -0.327 e. The fraction of sp³-hybridized carbons (Fsp3) is 0.100. The number of aromatic nitrogens is 2. The van der Waals surface area contributed by atoms with Crippen LogP contribution in [0.3, 0.4) is 0 Å². The smallest absolute Gasteiger partial charge is 0.140 e. The molecule has 0 amide bonds. The molecule has 0 aliphatic heterocycles. The second-order valence-electron chi connectivity index (χ2n) is 5.43. The molecule has 0 aliphatic carbocycles. The summed E-state index contributed by atoms with van der Waals surface area (Å²) in [5.74, 6) is 0.826. The Bertz CT molecular complexity index is 883. The molecule has 3 heteroatoms. The van der Waals surface area contributed by atoms with Crippen molar-refractivity contribution in [3.05, 3.63) is 95.6 Å². The quantitative estimate of drug-likeness (QED) is 0.725. The maximum atomic E-state index is 9.20. The standard InChI is InChI=1S/C20H17N3/c1-15-18(13-21)9-6-10-19(15)16(2)20-22-11-12-23(20)14-17-7-4-3-5-8-17/h3-12H,2,14H2,1H3. The van der Waals surface area contributed by atoms with E-state index in [0.29, 0.717) is 5.56 Å². The molecular weight excluding hydrogens is 282 g/mol. The van der Waals surface area contributed by atoms with Crippen molar-refractivity contribution in [1.29, 1.82) is 5.26 Å². The SMILES string of the molecule is C=C(c1cccc(C#N)c1C)c1nccn1Cc1ccccc1. The van der Waals surface area contributed by atoms with Gasteiger partial charge in [0.1, 0.15) is 5.82 Å². The largest absolute Gasteiger partial charge is 0.327 e. The summed E-state index contributed by atoms with van der Waals surface area (Å²) in [5.41, 5.74) is 4.62. The highest BCUT2D eigenvalue weighted by Crippen LogP contribution is 2.25. The van der Waals surface area contributed by atoms with Crippen LogP contribution in [-0.4, -0.2) is 9.55 Å². The zero-order valence-electron chi connectivity index (χ0n) is 13.0. The number of imidazole rings is 1. The van der Waals surface area contributed by atoms with Crippen LogP contribution in [0.25, 0.3) is 5.57 Å². The molecule has 0 spiro atoms. The van der Waals surface area contributed by atoms with Gasteiger partial charge in [-0.25, -0.2) is 4.98 Å². The van der Waals surface area contributed by atoms with E-state index in [2.05, 4.69) is 34.3 Å². The fourth-order valence-corrected chi connectivity index (χ4v) is 2.69. The highest BCUT2D eigenvalue weighted by Gasteiger charge is 2.13. The van der Waals surface area contributed by atoms with E-state index >= 15 is 0 Å². The number of hydrogen-bond donors (Lipinski definition) is 0. The molecule has 0 aliphatic rings. The predicted octanol–water partition coefficient (Wildman–Crippen LogP) is 4.17. The summed E-state index contributed by atoms with van der Waals surface area (Å²) < 4.78 is 2.08. The van der Waals surface area contributed by atoms with Crippen molar-refractivity contribution in [2.45, 2.75) is 13.5 Å². The van der Waals surface area contributed by atoms with E-state index in [0.717, 1.165) is 29.1 Å². The van der Waals surface area contributed by atoms with Gasteiger partial charge in [-0.3, -0.25) is 0 Å². The lowest BCUT2D eigenvalue weighted by Crippen LogP contribution is -2.05. The molecule has 3 rings (SSSR count). The van der Waals surface area contributed by atoms with Crippen molar-refractivity contribution in [3.63, 3.8) is 0 Å². The summed E-state index contributed by atoms with van der Waals surface area (Å²) >= 11 is 0. The van der Waals surface area contributed by atoms with Crippen molar-refractivity contribution >= 4 is 5.57 Å². The summed E-state index contributed by atoms with van der Waals surface area (Å²) in [6, 6.07) is 18.2. The van der Waals surface area contributed by atoms with Crippen molar-refractivity contribution < 1.29 is 0 Å². The number of nitrogens with zero attached hydrogens (tertiary/aromatic N) is 3. The van der Waals surface area contributed by atoms with E-state index in [-0.39, 0.29) is 0 Å². The van der Waals surface area contributed by atoms with Crippen molar-refractivity contribution in [2.24, 2.45) is 0 Å². The molecule has 23 heavy (non-hydrogen) atoms. The Kier molecular flexibility index (Phi) is 4.07. The van der Waals surface area contributed by atoms with Crippen LogP contribution in [0.15, 0.2) is 67.5 Å². The van der Waals surface area contributed by atoms with Crippen molar-refractivity contribution in [1.82, 2.24) is 9.55 Å². The molecular formula is C20H17N3. The monoisotopic (exact) mass is 299 g/mol. The Morgan fingerprint density at radius 3 is 2.70 bits per heavy atom. The average molecular weight is 299 g/mol.